The van der Waals surface area contributed by atoms with Gasteiger partial charge in [0.1, 0.15) is 11.6 Å². The second-order valence-electron chi connectivity index (χ2n) is 17.1. The summed E-state index contributed by atoms with van der Waals surface area (Å²) in [4.78, 5) is 36.9. The Kier molecular flexibility index (Phi) is 25.5. The topological polar surface area (TPSA) is 155 Å². The van der Waals surface area contributed by atoms with Crippen LogP contribution in [0, 0.1) is 13.8 Å². The highest BCUT2D eigenvalue weighted by molar-refractivity contribution is 5.63. The first-order valence-corrected chi connectivity index (χ1v) is 25.1. The molecular formula is C57H72N10O6. The quantitative estimate of drug-likeness (QED) is 0.162. The van der Waals surface area contributed by atoms with Gasteiger partial charge in [-0.3, -0.25) is 29.7 Å². The summed E-state index contributed by atoms with van der Waals surface area (Å²) in [6.45, 7) is 18.5. The average Bonchev–Trinajstić information content (AvgIpc) is 3.44. The molecule has 3 fully saturated rings. The molecule has 10 heterocycles. The van der Waals surface area contributed by atoms with Gasteiger partial charge in [0.05, 0.1) is 113 Å². The molecule has 1 unspecified atom stereocenters. The number of aryl methyl sites for hydroxylation is 2. The van der Waals surface area contributed by atoms with E-state index >= 15 is 0 Å². The third kappa shape index (κ3) is 21.3. The Hall–Kier alpha value is -6.47. The van der Waals surface area contributed by atoms with E-state index in [4.69, 9.17) is 28.4 Å². The first-order chi connectivity index (χ1) is 35.9. The molecule has 386 valence electrons. The average molecular weight is 993 g/mol. The van der Waals surface area contributed by atoms with Crippen LogP contribution >= 0.6 is 0 Å². The van der Waals surface area contributed by atoms with Crippen molar-refractivity contribution in [3.05, 3.63) is 164 Å². The number of anilines is 2. The van der Waals surface area contributed by atoms with E-state index in [2.05, 4.69) is 58.5 Å². The SMILES string of the molecule is CC1COCCOCCN2CCOCCOCCN1CCOCCOCC2.CN(c1ccccn1)c1ccccn1.Cc1cc(-c2ccccn2)nc(-c2ccccn2)c1.Cc1ccc(-c2ccccn2)nc1. The van der Waals surface area contributed by atoms with Crippen molar-refractivity contribution < 1.29 is 28.4 Å². The predicted octanol–water partition coefficient (Wildman–Crippen LogP) is 8.32. The highest BCUT2D eigenvalue weighted by Gasteiger charge is 2.15. The molecule has 0 aliphatic carbocycles. The Morgan fingerprint density at radius 3 is 1.21 bits per heavy atom. The zero-order chi connectivity index (χ0) is 51.0. The molecule has 0 saturated carbocycles. The van der Waals surface area contributed by atoms with Crippen LogP contribution in [-0.4, -0.2) is 170 Å². The van der Waals surface area contributed by atoms with Crippen molar-refractivity contribution in [1.82, 2.24) is 44.7 Å². The Balaban J connectivity index is 0.000000165. The van der Waals surface area contributed by atoms with Crippen molar-refractivity contribution in [3.63, 3.8) is 0 Å². The van der Waals surface area contributed by atoms with Crippen molar-refractivity contribution in [2.24, 2.45) is 0 Å². The molecule has 7 aromatic heterocycles. The van der Waals surface area contributed by atoms with Crippen LogP contribution in [-0.2, 0) is 28.4 Å². The van der Waals surface area contributed by atoms with E-state index in [0.717, 1.165) is 84.1 Å². The number of nitrogens with zero attached hydrogens (tertiary/aromatic N) is 10. The van der Waals surface area contributed by atoms with Gasteiger partial charge in [-0.15, -0.1) is 0 Å². The fourth-order valence-electron chi connectivity index (χ4n) is 7.37. The molecule has 1 atom stereocenters. The molecule has 3 aliphatic heterocycles. The highest BCUT2D eigenvalue weighted by atomic mass is 16.5. The van der Waals surface area contributed by atoms with Crippen molar-refractivity contribution in [1.29, 1.82) is 0 Å². The number of hydrogen-bond donors (Lipinski definition) is 0. The molecule has 16 nitrogen and oxygen atoms in total. The van der Waals surface area contributed by atoms with Gasteiger partial charge >= 0.3 is 0 Å². The van der Waals surface area contributed by atoms with Crippen LogP contribution in [0.5, 0.6) is 0 Å². The molecule has 3 saturated heterocycles. The summed E-state index contributed by atoms with van der Waals surface area (Å²) in [5.74, 6) is 1.79. The van der Waals surface area contributed by atoms with Gasteiger partial charge in [-0.25, -0.2) is 15.0 Å². The Bertz CT molecular complexity index is 2370. The minimum Gasteiger partial charge on any atom is -0.378 e. The molecule has 0 spiro atoms. The molecule has 0 radical (unpaired) electrons. The minimum absolute atomic E-state index is 0.304. The van der Waals surface area contributed by atoms with Crippen LogP contribution in [0.1, 0.15) is 18.1 Å². The summed E-state index contributed by atoms with van der Waals surface area (Å²) in [5.41, 5.74) is 7.67. The Morgan fingerprint density at radius 2 is 0.808 bits per heavy atom. The Morgan fingerprint density at radius 1 is 0.411 bits per heavy atom. The van der Waals surface area contributed by atoms with Gasteiger partial charge in [-0.1, -0.05) is 36.4 Å². The first-order valence-electron chi connectivity index (χ1n) is 25.1. The van der Waals surface area contributed by atoms with Crippen molar-refractivity contribution in [2.75, 3.05) is 124 Å². The lowest BCUT2D eigenvalue weighted by molar-refractivity contribution is -0.0214. The predicted molar refractivity (Wildman–Crippen MR) is 287 cm³/mol. The lowest BCUT2D eigenvalue weighted by atomic mass is 10.1. The van der Waals surface area contributed by atoms with E-state index < -0.39 is 0 Å². The molecule has 2 bridgehead atoms. The number of ether oxygens (including phenoxy) is 6. The third-order valence-electron chi connectivity index (χ3n) is 11.4. The molecule has 3 aliphatic rings. The van der Waals surface area contributed by atoms with Crippen LogP contribution in [0.15, 0.2) is 152 Å². The third-order valence-corrected chi connectivity index (χ3v) is 11.4. The maximum atomic E-state index is 5.81. The van der Waals surface area contributed by atoms with E-state index in [1.54, 1.807) is 31.0 Å². The lowest BCUT2D eigenvalue weighted by Gasteiger charge is -2.29. The molecule has 73 heavy (non-hydrogen) atoms. The van der Waals surface area contributed by atoms with E-state index in [1.165, 1.54) is 5.56 Å². The molecule has 7 aromatic rings. The smallest absolute Gasteiger partial charge is 0.133 e. The van der Waals surface area contributed by atoms with Gasteiger partial charge in [0.15, 0.2) is 0 Å². The van der Waals surface area contributed by atoms with Crippen LogP contribution < -0.4 is 4.90 Å². The summed E-state index contributed by atoms with van der Waals surface area (Å²) in [7, 11) is 1.95. The van der Waals surface area contributed by atoms with E-state index in [9.17, 15) is 0 Å². The monoisotopic (exact) mass is 993 g/mol. The lowest BCUT2D eigenvalue weighted by Crippen LogP contribution is -2.41. The number of aromatic nitrogens is 7. The van der Waals surface area contributed by atoms with Gasteiger partial charge < -0.3 is 33.3 Å². The van der Waals surface area contributed by atoms with Crippen molar-refractivity contribution >= 4 is 11.6 Å². The first kappa shape index (κ1) is 55.8. The Labute approximate surface area is 431 Å². The molecular weight excluding hydrogens is 921 g/mol. The molecule has 0 aromatic carbocycles. The summed E-state index contributed by atoms with van der Waals surface area (Å²) in [6.07, 6.45) is 10.7. The zero-order valence-electron chi connectivity index (χ0n) is 43.0. The standard InChI is InChI=1S/C19H38N2O6.C16H13N3.C11H11N3.C11H10N2/c1-19-18-27-17-16-24-9-4-20-2-7-22-12-14-25-10-5-21(19)6-11-26-15-13-23-8-3-20;1-12-10-15(13-6-2-4-8-17-13)19-16(11-12)14-7-3-5-9-18-14;1-14(10-6-2-4-8-12-10)11-7-3-5-9-13-11;1-9-5-6-11(13-8-9)10-4-2-3-7-12-10/h19H,2-18H2,1H3;2-11H,1H3;2-9H,1H3;2-8H,1H3. The van der Waals surface area contributed by atoms with Gasteiger partial charge in [0.25, 0.3) is 0 Å². The van der Waals surface area contributed by atoms with Gasteiger partial charge in [-0.2, -0.15) is 0 Å². The minimum atomic E-state index is 0.304. The van der Waals surface area contributed by atoms with Crippen molar-refractivity contribution in [2.45, 2.75) is 26.8 Å². The van der Waals surface area contributed by atoms with E-state index in [-0.39, 0.29) is 0 Å². The zero-order valence-corrected chi connectivity index (χ0v) is 43.0. The van der Waals surface area contributed by atoms with E-state index in [0.29, 0.717) is 85.3 Å². The van der Waals surface area contributed by atoms with Gasteiger partial charge in [0.2, 0.25) is 0 Å². The van der Waals surface area contributed by atoms with Crippen LogP contribution in [0.4, 0.5) is 11.6 Å². The maximum absolute atomic E-state index is 5.81. The fourth-order valence-corrected chi connectivity index (χ4v) is 7.37. The normalized spacial score (nSPS) is 18.4. The summed E-state index contributed by atoms with van der Waals surface area (Å²) in [6, 6.07) is 37.5. The highest BCUT2D eigenvalue weighted by Crippen LogP contribution is 2.22. The largest absolute Gasteiger partial charge is 0.378 e. The second kappa shape index (κ2) is 33.3. The molecule has 10 rings (SSSR count). The number of rotatable bonds is 5. The van der Waals surface area contributed by atoms with Crippen LogP contribution in [0.3, 0.4) is 0 Å². The molecule has 16 heteroatoms. The number of fused-ring (bicyclic) bond motifs is 21. The molecule has 0 amide bonds. The summed E-state index contributed by atoms with van der Waals surface area (Å²) >= 11 is 0. The maximum Gasteiger partial charge on any atom is 0.133 e. The van der Waals surface area contributed by atoms with Crippen LogP contribution in [0.2, 0.25) is 0 Å². The number of pyridine rings is 7. The van der Waals surface area contributed by atoms with Crippen LogP contribution in [0.25, 0.3) is 34.2 Å². The second-order valence-corrected chi connectivity index (χ2v) is 17.1. The van der Waals surface area contributed by atoms with E-state index in [1.807, 2.05) is 140 Å². The fraction of sp³-hybridized carbons (Fsp3) is 0.386. The van der Waals surface area contributed by atoms with Crippen molar-refractivity contribution in [3.8, 4) is 34.2 Å². The number of hydrogen-bond acceptors (Lipinski definition) is 16. The molecule has 0 N–H and O–H groups in total. The summed E-state index contributed by atoms with van der Waals surface area (Å²) in [5, 5.41) is 0. The van der Waals surface area contributed by atoms with Gasteiger partial charge in [-0.05, 0) is 111 Å². The van der Waals surface area contributed by atoms with Gasteiger partial charge in [0, 0.05) is 83.0 Å². The summed E-state index contributed by atoms with van der Waals surface area (Å²) < 4.78 is 34.5.